The fourth-order valence-corrected chi connectivity index (χ4v) is 0.708. The molecule has 0 spiro atoms. The molecule has 2 atom stereocenters. The first-order chi connectivity index (χ1) is 5.24. The van der Waals surface area contributed by atoms with Crippen LogP contribution < -0.4 is 5.32 Å². The van der Waals surface area contributed by atoms with Gasteiger partial charge in [-0.1, -0.05) is 20.2 Å². The van der Waals surface area contributed by atoms with E-state index < -0.39 is 0 Å². The molecule has 0 amide bonds. The zero-order valence-electron chi connectivity index (χ0n) is 7.30. The van der Waals surface area contributed by atoms with Crippen molar-refractivity contribution in [1.29, 1.82) is 5.26 Å². The average molecular weight is 150 g/mol. The average Bonchev–Trinajstić information content (AvgIpc) is 2.06. The molecule has 1 N–H and O–H groups in total. The van der Waals surface area contributed by atoms with Gasteiger partial charge in [0.05, 0.1) is 19.8 Å². The van der Waals surface area contributed by atoms with Crippen LogP contribution in [0, 0.1) is 17.2 Å². The van der Waals surface area contributed by atoms with Crippen molar-refractivity contribution in [3.8, 4) is 6.07 Å². The van der Waals surface area contributed by atoms with Gasteiger partial charge in [-0.05, 0) is 12.5 Å². The molecular formula is C8H15BN2. The SMILES string of the molecule is [B]CC(C)NCC(C#N)CC. The van der Waals surface area contributed by atoms with Crippen molar-refractivity contribution in [2.75, 3.05) is 6.54 Å². The number of rotatable bonds is 5. The third kappa shape index (κ3) is 4.86. The van der Waals surface area contributed by atoms with Crippen LogP contribution in [0.1, 0.15) is 20.3 Å². The normalized spacial score (nSPS) is 15.4. The maximum Gasteiger partial charge on any atom is 0.0673 e. The quantitative estimate of drug-likeness (QED) is 0.595. The van der Waals surface area contributed by atoms with Crippen LogP contribution in [0.25, 0.3) is 0 Å². The molecule has 0 fully saturated rings. The van der Waals surface area contributed by atoms with Crippen LogP contribution in [0.4, 0.5) is 0 Å². The van der Waals surface area contributed by atoms with E-state index in [0.717, 1.165) is 13.0 Å². The first kappa shape index (κ1) is 10.5. The minimum atomic E-state index is 0.129. The summed E-state index contributed by atoms with van der Waals surface area (Å²) in [5, 5.41) is 11.8. The van der Waals surface area contributed by atoms with Gasteiger partial charge in [0.2, 0.25) is 0 Å². The molecule has 0 aromatic heterocycles. The third-order valence-corrected chi connectivity index (χ3v) is 1.74. The van der Waals surface area contributed by atoms with E-state index in [2.05, 4.69) is 11.4 Å². The van der Waals surface area contributed by atoms with Crippen molar-refractivity contribution in [2.45, 2.75) is 32.6 Å². The number of nitrogens with zero attached hydrogens (tertiary/aromatic N) is 1. The molecule has 0 saturated heterocycles. The summed E-state index contributed by atoms with van der Waals surface area (Å²) in [7, 11) is 5.40. The minimum absolute atomic E-state index is 0.129. The van der Waals surface area contributed by atoms with E-state index in [1.807, 2.05) is 13.8 Å². The highest BCUT2D eigenvalue weighted by atomic mass is 14.9. The van der Waals surface area contributed by atoms with Crippen LogP contribution in [-0.4, -0.2) is 20.4 Å². The number of hydrogen-bond donors (Lipinski definition) is 1. The van der Waals surface area contributed by atoms with E-state index in [4.69, 9.17) is 13.1 Å². The summed E-state index contributed by atoms with van der Waals surface area (Å²) >= 11 is 0. The highest BCUT2D eigenvalue weighted by Gasteiger charge is 2.04. The Bertz CT molecular complexity index is 131. The van der Waals surface area contributed by atoms with E-state index in [1.54, 1.807) is 0 Å². The fraction of sp³-hybridized carbons (Fsp3) is 0.875. The van der Waals surface area contributed by atoms with Gasteiger partial charge in [-0.2, -0.15) is 5.26 Å². The molecule has 0 heterocycles. The Balaban J connectivity index is 3.44. The monoisotopic (exact) mass is 150 g/mol. The van der Waals surface area contributed by atoms with Gasteiger partial charge in [0, 0.05) is 6.54 Å². The highest BCUT2D eigenvalue weighted by molar-refractivity contribution is 6.08. The van der Waals surface area contributed by atoms with E-state index >= 15 is 0 Å². The second-order valence-electron chi connectivity index (χ2n) is 2.78. The zero-order valence-corrected chi connectivity index (χ0v) is 7.30. The molecule has 2 radical (unpaired) electrons. The van der Waals surface area contributed by atoms with Gasteiger partial charge in [0.25, 0.3) is 0 Å². The molecule has 0 aliphatic rings. The molecule has 2 unspecified atom stereocenters. The Labute approximate surface area is 70.4 Å². The van der Waals surface area contributed by atoms with Gasteiger partial charge >= 0.3 is 0 Å². The van der Waals surface area contributed by atoms with Crippen molar-refractivity contribution in [3.05, 3.63) is 0 Å². The Morgan fingerprint density at radius 1 is 1.64 bits per heavy atom. The Morgan fingerprint density at radius 2 is 2.27 bits per heavy atom. The van der Waals surface area contributed by atoms with Gasteiger partial charge in [-0.25, -0.2) is 0 Å². The van der Waals surface area contributed by atoms with Crippen LogP contribution in [0.2, 0.25) is 6.32 Å². The summed E-state index contributed by atoms with van der Waals surface area (Å²) in [6, 6.07) is 2.54. The maximum absolute atomic E-state index is 8.59. The van der Waals surface area contributed by atoms with E-state index in [1.165, 1.54) is 0 Å². The predicted molar refractivity (Wildman–Crippen MR) is 47.4 cm³/mol. The largest absolute Gasteiger partial charge is 0.314 e. The van der Waals surface area contributed by atoms with Crippen molar-refractivity contribution in [3.63, 3.8) is 0 Å². The summed E-state index contributed by atoms with van der Waals surface area (Å²) < 4.78 is 0. The third-order valence-electron chi connectivity index (χ3n) is 1.74. The molecule has 0 aromatic rings. The zero-order chi connectivity index (χ0) is 8.69. The van der Waals surface area contributed by atoms with E-state index in [9.17, 15) is 0 Å². The van der Waals surface area contributed by atoms with Crippen LogP contribution in [0.5, 0.6) is 0 Å². The molecule has 11 heavy (non-hydrogen) atoms. The summed E-state index contributed by atoms with van der Waals surface area (Å²) in [5.74, 6) is 0.129. The van der Waals surface area contributed by atoms with Crippen LogP contribution >= 0.6 is 0 Å². The topological polar surface area (TPSA) is 35.8 Å². The molecular weight excluding hydrogens is 135 g/mol. The second kappa shape index (κ2) is 6.24. The van der Waals surface area contributed by atoms with Crippen LogP contribution in [0.3, 0.4) is 0 Å². The molecule has 0 aliphatic heterocycles. The summed E-state index contributed by atoms with van der Waals surface area (Å²) in [6.45, 7) is 4.79. The number of nitrogens with one attached hydrogen (secondary N) is 1. The molecule has 2 nitrogen and oxygen atoms in total. The first-order valence-electron chi connectivity index (χ1n) is 4.07. The summed E-state index contributed by atoms with van der Waals surface area (Å²) in [4.78, 5) is 0. The Morgan fingerprint density at radius 3 is 2.64 bits per heavy atom. The highest BCUT2D eigenvalue weighted by Crippen LogP contribution is 1.98. The fourth-order valence-electron chi connectivity index (χ4n) is 0.708. The molecule has 0 aliphatic carbocycles. The molecule has 0 bridgehead atoms. The number of hydrogen-bond acceptors (Lipinski definition) is 2. The lowest BCUT2D eigenvalue weighted by atomic mass is 9.98. The second-order valence-corrected chi connectivity index (χ2v) is 2.78. The molecule has 0 aromatic carbocycles. The molecule has 0 saturated carbocycles. The van der Waals surface area contributed by atoms with Crippen LogP contribution in [-0.2, 0) is 0 Å². The Kier molecular flexibility index (Phi) is 5.96. The summed E-state index contributed by atoms with van der Waals surface area (Å²) in [5.41, 5.74) is 0. The minimum Gasteiger partial charge on any atom is -0.314 e. The van der Waals surface area contributed by atoms with Gasteiger partial charge in [0.1, 0.15) is 0 Å². The Hall–Kier alpha value is -0.485. The van der Waals surface area contributed by atoms with Crippen molar-refractivity contribution >= 4 is 7.85 Å². The summed E-state index contributed by atoms with van der Waals surface area (Å²) in [6.07, 6.45) is 1.53. The van der Waals surface area contributed by atoms with Crippen molar-refractivity contribution < 1.29 is 0 Å². The van der Waals surface area contributed by atoms with Gasteiger partial charge in [-0.3, -0.25) is 0 Å². The van der Waals surface area contributed by atoms with E-state index in [0.29, 0.717) is 12.4 Å². The standard InChI is InChI=1S/C8H15BN2/c1-3-8(5-10)6-11-7(2)4-9/h7-8,11H,3-4,6H2,1-2H3. The lowest BCUT2D eigenvalue weighted by Crippen LogP contribution is -2.30. The van der Waals surface area contributed by atoms with Gasteiger partial charge < -0.3 is 5.32 Å². The molecule has 0 rings (SSSR count). The molecule has 60 valence electrons. The van der Waals surface area contributed by atoms with Crippen molar-refractivity contribution in [2.24, 2.45) is 5.92 Å². The molecule has 3 heteroatoms. The van der Waals surface area contributed by atoms with Crippen molar-refractivity contribution in [1.82, 2.24) is 5.32 Å². The van der Waals surface area contributed by atoms with Crippen LogP contribution in [0.15, 0.2) is 0 Å². The first-order valence-corrected chi connectivity index (χ1v) is 4.07. The number of nitriles is 1. The lowest BCUT2D eigenvalue weighted by Gasteiger charge is -2.13. The smallest absolute Gasteiger partial charge is 0.0673 e. The van der Waals surface area contributed by atoms with Gasteiger partial charge in [0.15, 0.2) is 0 Å². The lowest BCUT2D eigenvalue weighted by molar-refractivity contribution is 0.508. The van der Waals surface area contributed by atoms with E-state index in [-0.39, 0.29) is 5.92 Å². The maximum atomic E-state index is 8.59. The predicted octanol–water partition coefficient (Wildman–Crippen LogP) is 1.10. The van der Waals surface area contributed by atoms with Gasteiger partial charge in [-0.15, -0.1) is 0 Å².